The number of ether oxygens (including phenoxy) is 1. The zero-order valence-electron chi connectivity index (χ0n) is 17.6. The van der Waals surface area contributed by atoms with E-state index in [2.05, 4.69) is 20.3 Å². The Labute approximate surface area is 179 Å². The molecule has 0 saturated heterocycles. The summed E-state index contributed by atoms with van der Waals surface area (Å²) in [5.41, 5.74) is 3.00. The van der Waals surface area contributed by atoms with Crippen molar-refractivity contribution >= 4 is 5.52 Å². The Hall–Kier alpha value is -3.36. The first kappa shape index (κ1) is 19.6. The summed E-state index contributed by atoms with van der Waals surface area (Å²) in [6.45, 7) is 2.16. The van der Waals surface area contributed by atoms with Crippen LogP contribution in [0.4, 0.5) is 4.39 Å². The molecule has 1 fully saturated rings. The molecule has 4 aromatic rings. The average molecular weight is 421 g/mol. The van der Waals surface area contributed by atoms with Gasteiger partial charge in [0.2, 0.25) is 5.88 Å². The van der Waals surface area contributed by atoms with Gasteiger partial charge in [0.05, 0.1) is 16.8 Å². The molecule has 31 heavy (non-hydrogen) atoms. The Morgan fingerprint density at radius 2 is 1.94 bits per heavy atom. The van der Waals surface area contributed by atoms with Crippen molar-refractivity contribution in [2.75, 3.05) is 0 Å². The van der Waals surface area contributed by atoms with Gasteiger partial charge < -0.3 is 4.74 Å². The Kier molecular flexibility index (Phi) is 5.09. The maximum Gasteiger partial charge on any atom is 0.237 e. The van der Waals surface area contributed by atoms with Crippen LogP contribution in [0.15, 0.2) is 30.6 Å². The van der Waals surface area contributed by atoms with Gasteiger partial charge in [-0.3, -0.25) is 4.68 Å². The monoisotopic (exact) mass is 421 g/mol. The van der Waals surface area contributed by atoms with Gasteiger partial charge in [0.1, 0.15) is 18.8 Å². The molecule has 1 aromatic carbocycles. The highest BCUT2D eigenvalue weighted by Crippen LogP contribution is 2.41. The normalized spacial score (nSPS) is 14.9. The van der Waals surface area contributed by atoms with Gasteiger partial charge in [-0.05, 0) is 37.8 Å². The molecule has 0 radical (unpaired) electrons. The van der Waals surface area contributed by atoms with E-state index in [1.807, 2.05) is 14.0 Å². The van der Waals surface area contributed by atoms with E-state index in [9.17, 15) is 4.39 Å². The number of nitrogens with zero attached hydrogens (tertiary/aromatic N) is 7. The van der Waals surface area contributed by atoms with Crippen molar-refractivity contribution in [1.29, 1.82) is 0 Å². The van der Waals surface area contributed by atoms with Crippen LogP contribution in [0.25, 0.3) is 16.9 Å². The summed E-state index contributed by atoms with van der Waals surface area (Å²) in [4.78, 5) is 4.24. The molecule has 0 spiro atoms. The Bertz CT molecular complexity index is 1230. The second-order valence-electron chi connectivity index (χ2n) is 7.99. The highest BCUT2D eigenvalue weighted by molar-refractivity contribution is 5.68. The van der Waals surface area contributed by atoms with E-state index >= 15 is 0 Å². The first-order valence-corrected chi connectivity index (χ1v) is 10.6. The molecule has 0 aliphatic heterocycles. The number of fused-ring (bicyclic) bond motifs is 1. The lowest BCUT2D eigenvalue weighted by Gasteiger charge is -2.22. The van der Waals surface area contributed by atoms with Crippen LogP contribution in [-0.4, -0.2) is 34.6 Å². The molecular weight excluding hydrogens is 397 g/mol. The van der Waals surface area contributed by atoms with E-state index in [4.69, 9.17) is 9.84 Å². The summed E-state index contributed by atoms with van der Waals surface area (Å²) in [5.74, 6) is 1.55. The number of rotatable bonds is 5. The smallest absolute Gasteiger partial charge is 0.237 e. The molecule has 5 rings (SSSR count). The minimum Gasteiger partial charge on any atom is -0.468 e. The molecule has 0 N–H and O–H groups in total. The van der Waals surface area contributed by atoms with E-state index < -0.39 is 0 Å². The lowest BCUT2D eigenvalue weighted by Crippen LogP contribution is -2.09. The SMILES string of the molecule is Cc1nnc(-c2ccccc2F)n2nc(OCc3ncnn3C)c(C3CCCCC3)c12. The standard InChI is InChI=1S/C22H24FN7O/c1-14-20-19(15-8-4-3-5-9-15)22(31-12-18-24-13-25-29(18)2)28-30(20)21(27-26-14)16-10-6-7-11-17(16)23/h6-7,10-11,13,15H,3-5,8-9,12H2,1-2H3. The fourth-order valence-electron chi connectivity index (χ4n) is 4.38. The maximum atomic E-state index is 14.6. The number of benzene rings is 1. The molecule has 160 valence electrons. The van der Waals surface area contributed by atoms with Gasteiger partial charge in [-0.15, -0.1) is 10.2 Å². The number of hydrogen-bond acceptors (Lipinski definition) is 6. The lowest BCUT2D eigenvalue weighted by molar-refractivity contribution is 0.270. The topological polar surface area (TPSA) is 83.0 Å². The third-order valence-electron chi connectivity index (χ3n) is 6.00. The Morgan fingerprint density at radius 3 is 2.68 bits per heavy atom. The van der Waals surface area contributed by atoms with Crippen LogP contribution < -0.4 is 4.74 Å². The zero-order valence-corrected chi connectivity index (χ0v) is 17.6. The largest absolute Gasteiger partial charge is 0.468 e. The van der Waals surface area contributed by atoms with Gasteiger partial charge in [-0.2, -0.15) is 10.2 Å². The number of aromatic nitrogens is 7. The highest BCUT2D eigenvalue weighted by atomic mass is 19.1. The van der Waals surface area contributed by atoms with E-state index in [0.717, 1.165) is 29.6 Å². The summed E-state index contributed by atoms with van der Waals surface area (Å²) in [6, 6.07) is 6.54. The lowest BCUT2D eigenvalue weighted by atomic mass is 9.84. The molecule has 9 heteroatoms. The molecule has 0 atom stereocenters. The van der Waals surface area contributed by atoms with Crippen LogP contribution in [0.2, 0.25) is 0 Å². The predicted molar refractivity (Wildman–Crippen MR) is 112 cm³/mol. The van der Waals surface area contributed by atoms with Crippen LogP contribution >= 0.6 is 0 Å². The number of halogens is 1. The van der Waals surface area contributed by atoms with E-state index in [1.165, 1.54) is 31.7 Å². The fourth-order valence-corrected chi connectivity index (χ4v) is 4.38. The van der Waals surface area contributed by atoms with Crippen molar-refractivity contribution < 1.29 is 9.13 Å². The summed E-state index contributed by atoms with van der Waals surface area (Å²) >= 11 is 0. The zero-order chi connectivity index (χ0) is 21.4. The van der Waals surface area contributed by atoms with E-state index in [0.29, 0.717) is 29.0 Å². The molecular formula is C22H24FN7O. The van der Waals surface area contributed by atoms with Gasteiger partial charge in [-0.1, -0.05) is 31.4 Å². The molecule has 1 saturated carbocycles. The molecule has 3 aromatic heterocycles. The van der Waals surface area contributed by atoms with Crippen LogP contribution in [0.3, 0.4) is 0 Å². The van der Waals surface area contributed by atoms with Crippen molar-refractivity contribution in [3.63, 3.8) is 0 Å². The van der Waals surface area contributed by atoms with Crippen LogP contribution in [0, 0.1) is 12.7 Å². The van der Waals surface area contributed by atoms with Crippen molar-refractivity contribution in [1.82, 2.24) is 34.6 Å². The number of hydrogen-bond donors (Lipinski definition) is 0. The molecule has 8 nitrogen and oxygen atoms in total. The molecule has 0 amide bonds. The predicted octanol–water partition coefficient (Wildman–Crippen LogP) is 3.99. The first-order valence-electron chi connectivity index (χ1n) is 10.6. The third kappa shape index (κ3) is 3.54. The van der Waals surface area contributed by atoms with Gasteiger partial charge in [0.15, 0.2) is 11.6 Å². The van der Waals surface area contributed by atoms with Crippen LogP contribution in [-0.2, 0) is 13.7 Å². The van der Waals surface area contributed by atoms with Gasteiger partial charge in [0.25, 0.3) is 0 Å². The molecule has 0 bridgehead atoms. The van der Waals surface area contributed by atoms with E-state index in [-0.39, 0.29) is 12.4 Å². The average Bonchev–Trinajstić information content (AvgIpc) is 3.37. The summed E-state index contributed by atoms with van der Waals surface area (Å²) < 4.78 is 24.1. The van der Waals surface area contributed by atoms with Crippen molar-refractivity contribution in [2.45, 2.75) is 51.6 Å². The second kappa shape index (κ2) is 8.05. The molecule has 1 aliphatic carbocycles. The fraction of sp³-hybridized carbons (Fsp3) is 0.409. The van der Waals surface area contributed by atoms with Crippen LogP contribution in [0.5, 0.6) is 5.88 Å². The van der Waals surface area contributed by atoms with Crippen LogP contribution in [0.1, 0.15) is 55.1 Å². The van der Waals surface area contributed by atoms with Gasteiger partial charge >= 0.3 is 0 Å². The first-order chi connectivity index (χ1) is 15.1. The molecule has 3 heterocycles. The number of aryl methyl sites for hydroxylation is 2. The Balaban J connectivity index is 1.67. The minimum absolute atomic E-state index is 0.245. The van der Waals surface area contributed by atoms with Gasteiger partial charge in [0, 0.05) is 12.6 Å². The second-order valence-corrected chi connectivity index (χ2v) is 7.99. The minimum atomic E-state index is -0.363. The maximum absolute atomic E-state index is 14.6. The van der Waals surface area contributed by atoms with Crippen molar-refractivity contribution in [3.8, 4) is 17.3 Å². The quantitative estimate of drug-likeness (QED) is 0.484. The summed E-state index contributed by atoms with van der Waals surface area (Å²) in [7, 11) is 1.83. The van der Waals surface area contributed by atoms with Crippen molar-refractivity contribution in [2.24, 2.45) is 7.05 Å². The summed E-state index contributed by atoms with van der Waals surface area (Å²) in [5, 5.41) is 17.5. The highest BCUT2D eigenvalue weighted by Gasteiger charge is 2.28. The molecule has 0 unspecified atom stereocenters. The van der Waals surface area contributed by atoms with Gasteiger partial charge in [-0.25, -0.2) is 13.9 Å². The molecule has 1 aliphatic rings. The third-order valence-corrected chi connectivity index (χ3v) is 6.00. The van der Waals surface area contributed by atoms with E-state index in [1.54, 1.807) is 27.4 Å². The Morgan fingerprint density at radius 1 is 1.13 bits per heavy atom. The van der Waals surface area contributed by atoms with Crippen molar-refractivity contribution in [3.05, 3.63) is 53.5 Å². The summed E-state index contributed by atoms with van der Waals surface area (Å²) in [6.07, 6.45) is 7.21.